The minimum absolute atomic E-state index is 0.428. The number of hydrogen-bond donors (Lipinski definition) is 2. The standard InChI is InChI=1S/C10H9Cl2N3O2S/c1-15-5-2-3-18-7(5)4-6(15)9(16)13-14-10(17)8(11)12/h2-4,8H,1H3,(H,13,16)(H,14,17). The fraction of sp³-hybridized carbons (Fsp3) is 0.200. The lowest BCUT2D eigenvalue weighted by atomic mass is 10.4. The number of carbonyl (C=O) groups is 2. The molecular formula is C10H9Cl2N3O2S. The molecule has 2 aromatic rings. The van der Waals surface area contributed by atoms with E-state index in [4.69, 9.17) is 23.2 Å². The summed E-state index contributed by atoms with van der Waals surface area (Å²) < 4.78 is 2.74. The molecule has 0 saturated carbocycles. The number of carbonyl (C=O) groups excluding carboxylic acids is 2. The Bertz CT molecular complexity index is 605. The third-order valence-electron chi connectivity index (χ3n) is 2.39. The number of hydrogen-bond acceptors (Lipinski definition) is 3. The van der Waals surface area contributed by atoms with Gasteiger partial charge in [-0.3, -0.25) is 20.4 Å². The molecule has 8 heteroatoms. The number of fused-ring (bicyclic) bond motifs is 1. The zero-order valence-electron chi connectivity index (χ0n) is 9.24. The highest BCUT2D eigenvalue weighted by molar-refractivity contribution is 7.17. The maximum Gasteiger partial charge on any atom is 0.286 e. The molecule has 2 rings (SSSR count). The summed E-state index contributed by atoms with van der Waals surface area (Å²) in [7, 11) is 1.78. The van der Waals surface area contributed by atoms with Gasteiger partial charge in [-0.15, -0.1) is 11.3 Å². The van der Waals surface area contributed by atoms with Crippen LogP contribution in [0.3, 0.4) is 0 Å². The van der Waals surface area contributed by atoms with Crippen LogP contribution < -0.4 is 10.9 Å². The van der Waals surface area contributed by atoms with Crippen LogP contribution in [0.5, 0.6) is 0 Å². The Kier molecular flexibility index (Phi) is 3.79. The first-order valence-electron chi connectivity index (χ1n) is 4.92. The van der Waals surface area contributed by atoms with Crippen molar-refractivity contribution >= 4 is 56.6 Å². The zero-order chi connectivity index (χ0) is 13.3. The van der Waals surface area contributed by atoms with Crippen LogP contribution >= 0.6 is 34.5 Å². The van der Waals surface area contributed by atoms with E-state index < -0.39 is 16.7 Å². The minimum Gasteiger partial charge on any atom is -0.339 e. The second-order valence-electron chi connectivity index (χ2n) is 3.50. The highest BCUT2D eigenvalue weighted by Crippen LogP contribution is 2.23. The van der Waals surface area contributed by atoms with Crippen molar-refractivity contribution in [2.24, 2.45) is 7.05 Å². The van der Waals surface area contributed by atoms with Gasteiger partial charge in [0.25, 0.3) is 11.8 Å². The quantitative estimate of drug-likeness (QED) is 0.656. The van der Waals surface area contributed by atoms with E-state index in [1.54, 1.807) is 17.7 Å². The lowest BCUT2D eigenvalue weighted by Crippen LogP contribution is -2.44. The predicted octanol–water partition coefficient (Wildman–Crippen LogP) is 1.80. The summed E-state index contributed by atoms with van der Waals surface area (Å²) in [5.74, 6) is -1.11. The van der Waals surface area contributed by atoms with Gasteiger partial charge in [-0.2, -0.15) is 0 Å². The van der Waals surface area contributed by atoms with Crippen LogP contribution in [0.1, 0.15) is 10.5 Å². The molecule has 2 heterocycles. The second-order valence-corrected chi connectivity index (χ2v) is 5.55. The van der Waals surface area contributed by atoms with Gasteiger partial charge in [0.05, 0.1) is 10.2 Å². The Balaban J connectivity index is 2.11. The van der Waals surface area contributed by atoms with Gasteiger partial charge in [0.1, 0.15) is 5.69 Å². The van der Waals surface area contributed by atoms with Crippen molar-refractivity contribution in [2.45, 2.75) is 4.84 Å². The first-order valence-corrected chi connectivity index (χ1v) is 6.67. The van der Waals surface area contributed by atoms with Gasteiger partial charge in [-0.25, -0.2) is 0 Å². The van der Waals surface area contributed by atoms with Crippen molar-refractivity contribution in [2.75, 3.05) is 0 Å². The fourth-order valence-corrected chi connectivity index (χ4v) is 2.46. The Hall–Kier alpha value is -1.24. The van der Waals surface area contributed by atoms with Gasteiger partial charge in [0.2, 0.25) is 0 Å². The number of alkyl halides is 2. The van der Waals surface area contributed by atoms with E-state index in [0.717, 1.165) is 10.2 Å². The summed E-state index contributed by atoms with van der Waals surface area (Å²) in [6, 6.07) is 3.67. The van der Waals surface area contributed by atoms with Gasteiger partial charge in [-0.1, -0.05) is 23.2 Å². The summed E-state index contributed by atoms with van der Waals surface area (Å²) >= 11 is 12.2. The molecule has 0 aromatic carbocycles. The molecule has 96 valence electrons. The van der Waals surface area contributed by atoms with Gasteiger partial charge >= 0.3 is 0 Å². The molecule has 18 heavy (non-hydrogen) atoms. The highest BCUT2D eigenvalue weighted by atomic mass is 35.5. The molecule has 0 aliphatic heterocycles. The van der Waals surface area contributed by atoms with Gasteiger partial charge in [0.15, 0.2) is 4.84 Å². The topological polar surface area (TPSA) is 63.1 Å². The van der Waals surface area contributed by atoms with E-state index in [0.29, 0.717) is 5.69 Å². The molecule has 2 aromatic heterocycles. The SMILES string of the molecule is Cn1c(C(=O)NNC(=O)C(Cl)Cl)cc2sccc21. The van der Waals surface area contributed by atoms with E-state index in [1.165, 1.54) is 11.3 Å². The van der Waals surface area contributed by atoms with Crippen LogP contribution in [0.2, 0.25) is 0 Å². The molecule has 0 saturated heterocycles. The van der Waals surface area contributed by atoms with Crippen LogP contribution in [0.4, 0.5) is 0 Å². The van der Waals surface area contributed by atoms with Gasteiger partial charge in [0, 0.05) is 7.05 Å². The number of rotatable bonds is 2. The van der Waals surface area contributed by atoms with Crippen LogP contribution in [0.25, 0.3) is 10.2 Å². The van der Waals surface area contributed by atoms with E-state index in [-0.39, 0.29) is 0 Å². The van der Waals surface area contributed by atoms with Crippen LogP contribution in [0.15, 0.2) is 17.5 Å². The fourth-order valence-electron chi connectivity index (χ4n) is 1.50. The van der Waals surface area contributed by atoms with E-state index in [2.05, 4.69) is 10.9 Å². The average Bonchev–Trinajstić information content (AvgIpc) is 2.89. The summed E-state index contributed by atoms with van der Waals surface area (Å²) in [5.41, 5.74) is 5.78. The maximum atomic E-state index is 11.8. The average molecular weight is 306 g/mol. The summed E-state index contributed by atoms with van der Waals surface area (Å²) in [6.07, 6.45) is 0. The van der Waals surface area contributed by atoms with Gasteiger partial charge in [-0.05, 0) is 17.5 Å². The number of aryl methyl sites for hydroxylation is 1. The normalized spacial score (nSPS) is 10.9. The molecule has 0 radical (unpaired) electrons. The van der Waals surface area contributed by atoms with Crippen molar-refractivity contribution in [3.8, 4) is 0 Å². The first kappa shape index (κ1) is 13.2. The molecule has 0 fully saturated rings. The monoisotopic (exact) mass is 305 g/mol. The molecule has 0 bridgehead atoms. The number of nitrogens with one attached hydrogen (secondary N) is 2. The molecular weight excluding hydrogens is 297 g/mol. The van der Waals surface area contributed by atoms with E-state index in [9.17, 15) is 9.59 Å². The number of amides is 2. The molecule has 5 nitrogen and oxygen atoms in total. The van der Waals surface area contributed by atoms with Crippen LogP contribution in [-0.2, 0) is 11.8 Å². The third-order valence-corrected chi connectivity index (χ3v) is 3.64. The second kappa shape index (κ2) is 5.17. The zero-order valence-corrected chi connectivity index (χ0v) is 11.6. The molecule has 0 atom stereocenters. The summed E-state index contributed by atoms with van der Waals surface area (Å²) in [4.78, 5) is 21.7. The van der Waals surface area contributed by atoms with Crippen LogP contribution in [0, 0.1) is 0 Å². The Labute approximate surface area is 117 Å². The minimum atomic E-state index is -1.22. The molecule has 0 spiro atoms. The lowest BCUT2D eigenvalue weighted by molar-refractivity contribution is -0.120. The molecule has 2 amide bonds. The van der Waals surface area contributed by atoms with Crippen molar-refractivity contribution in [1.29, 1.82) is 0 Å². The van der Waals surface area contributed by atoms with Crippen molar-refractivity contribution < 1.29 is 9.59 Å². The predicted molar refractivity (Wildman–Crippen MR) is 71.9 cm³/mol. The van der Waals surface area contributed by atoms with Crippen LogP contribution in [-0.4, -0.2) is 21.2 Å². The number of halogens is 2. The molecule has 2 N–H and O–H groups in total. The first-order chi connectivity index (χ1) is 8.50. The molecule has 0 aliphatic rings. The maximum absolute atomic E-state index is 11.8. The number of aromatic nitrogens is 1. The van der Waals surface area contributed by atoms with Crippen molar-refractivity contribution in [1.82, 2.24) is 15.4 Å². The van der Waals surface area contributed by atoms with Crippen molar-refractivity contribution in [3.05, 3.63) is 23.2 Å². The lowest BCUT2D eigenvalue weighted by Gasteiger charge is -2.08. The van der Waals surface area contributed by atoms with Gasteiger partial charge < -0.3 is 4.57 Å². The van der Waals surface area contributed by atoms with Crippen molar-refractivity contribution in [3.63, 3.8) is 0 Å². The summed E-state index contributed by atoms with van der Waals surface area (Å²) in [5, 5.41) is 1.94. The Morgan fingerprint density at radius 1 is 1.39 bits per heavy atom. The summed E-state index contributed by atoms with van der Waals surface area (Å²) in [6.45, 7) is 0. The number of nitrogens with zero attached hydrogens (tertiary/aromatic N) is 1. The number of hydrazine groups is 1. The smallest absolute Gasteiger partial charge is 0.286 e. The molecule has 0 unspecified atom stereocenters. The van der Waals surface area contributed by atoms with E-state index in [1.807, 2.05) is 11.4 Å². The number of thiophene rings is 1. The largest absolute Gasteiger partial charge is 0.339 e. The third kappa shape index (κ3) is 2.45. The highest BCUT2D eigenvalue weighted by Gasteiger charge is 2.16. The Morgan fingerprint density at radius 2 is 2.11 bits per heavy atom. The Morgan fingerprint density at radius 3 is 2.72 bits per heavy atom. The van der Waals surface area contributed by atoms with E-state index >= 15 is 0 Å². The molecule has 0 aliphatic carbocycles.